The molecule has 0 atom stereocenters. The van der Waals surface area contributed by atoms with E-state index in [1.807, 2.05) is 115 Å². The minimum Gasteiger partial charge on any atom is -0.422 e. The first kappa shape index (κ1) is 32.4. The van der Waals surface area contributed by atoms with Gasteiger partial charge >= 0.3 is 11.3 Å². The van der Waals surface area contributed by atoms with Crippen molar-refractivity contribution < 1.29 is 8.83 Å². The van der Waals surface area contributed by atoms with Gasteiger partial charge in [-0.15, -0.1) is 0 Å². The van der Waals surface area contributed by atoms with Gasteiger partial charge in [-0.25, -0.2) is 19.6 Å². The molecule has 0 radical (unpaired) electrons. The molecule has 0 aliphatic rings. The first-order valence-electron chi connectivity index (χ1n) is 17.2. The molecule has 254 valence electrons. The van der Waals surface area contributed by atoms with Gasteiger partial charge in [-0.3, -0.25) is 0 Å². The monoisotopic (exact) mass is 682 g/mol. The molecule has 4 heterocycles. The van der Waals surface area contributed by atoms with Crippen LogP contribution in [0.15, 0.2) is 152 Å². The number of anilines is 2. The van der Waals surface area contributed by atoms with Crippen LogP contribution in [0.25, 0.3) is 78.1 Å². The number of hydrogen-bond donors (Lipinski definition) is 1. The molecule has 0 aliphatic carbocycles. The summed E-state index contributed by atoms with van der Waals surface area (Å²) in [5, 5.41) is 1.65. The van der Waals surface area contributed by atoms with Crippen LogP contribution in [0.5, 0.6) is 0 Å². The van der Waals surface area contributed by atoms with E-state index in [0.29, 0.717) is 39.4 Å². The Kier molecular flexibility index (Phi) is 8.41. The summed E-state index contributed by atoms with van der Waals surface area (Å²) in [4.78, 5) is 38.3. The second kappa shape index (κ2) is 13.5. The van der Waals surface area contributed by atoms with E-state index in [-0.39, 0.29) is 5.63 Å². The Bertz CT molecular complexity index is 2750. The van der Waals surface area contributed by atoms with E-state index in [4.69, 9.17) is 24.5 Å². The fourth-order valence-electron chi connectivity index (χ4n) is 6.58. The van der Waals surface area contributed by atoms with Gasteiger partial charge in [0.25, 0.3) is 0 Å². The van der Waals surface area contributed by atoms with E-state index < -0.39 is 5.63 Å². The average molecular weight is 683 g/mol. The molecule has 8 heteroatoms. The number of benzene rings is 4. The fourth-order valence-corrected chi connectivity index (χ4v) is 6.58. The summed E-state index contributed by atoms with van der Waals surface area (Å²) in [6.45, 7) is 5.94. The summed E-state index contributed by atoms with van der Waals surface area (Å²) >= 11 is 0. The van der Waals surface area contributed by atoms with Crippen LogP contribution < -0.4 is 21.9 Å². The Balaban J connectivity index is 1.10. The predicted octanol–water partition coefficient (Wildman–Crippen LogP) is 9.45. The molecule has 0 aliphatic heterocycles. The van der Waals surface area contributed by atoms with Gasteiger partial charge < -0.3 is 19.5 Å². The van der Waals surface area contributed by atoms with Crippen LogP contribution in [0.1, 0.15) is 13.8 Å². The van der Waals surface area contributed by atoms with E-state index in [1.165, 1.54) is 0 Å². The van der Waals surface area contributed by atoms with Gasteiger partial charge in [0.05, 0.1) is 33.9 Å². The van der Waals surface area contributed by atoms with Crippen LogP contribution in [-0.2, 0) is 0 Å². The third-order valence-corrected chi connectivity index (χ3v) is 9.31. The Morgan fingerprint density at radius 3 is 1.52 bits per heavy atom. The number of rotatable bonds is 8. The first-order valence-corrected chi connectivity index (χ1v) is 17.2. The number of nitrogens with two attached hydrogens (primary N) is 1. The van der Waals surface area contributed by atoms with E-state index in [0.717, 1.165) is 63.2 Å². The smallest absolute Gasteiger partial charge is 0.344 e. The molecule has 4 aromatic carbocycles. The Morgan fingerprint density at radius 1 is 0.519 bits per heavy atom. The van der Waals surface area contributed by atoms with Crippen molar-refractivity contribution in [3.05, 3.63) is 154 Å². The summed E-state index contributed by atoms with van der Waals surface area (Å²) < 4.78 is 11.4. The van der Waals surface area contributed by atoms with Crippen LogP contribution in [-0.4, -0.2) is 23.1 Å². The van der Waals surface area contributed by atoms with Gasteiger partial charge in [0.15, 0.2) is 0 Å². The highest BCUT2D eigenvalue weighted by atomic mass is 16.4. The lowest BCUT2D eigenvalue weighted by Gasteiger charge is -2.21. The normalized spacial score (nSPS) is 11.3. The van der Waals surface area contributed by atoms with Crippen LogP contribution in [0.2, 0.25) is 0 Å². The number of nitrogens with zero attached hydrogens (tertiary/aromatic N) is 3. The second-order valence-corrected chi connectivity index (χ2v) is 12.6. The predicted molar refractivity (Wildman–Crippen MR) is 209 cm³/mol. The number of pyridine rings is 2. The number of nitrogen functional groups attached to an aromatic ring is 1. The summed E-state index contributed by atoms with van der Waals surface area (Å²) in [6.07, 6.45) is 0. The molecule has 0 spiro atoms. The molecule has 0 fully saturated rings. The van der Waals surface area contributed by atoms with E-state index in [9.17, 15) is 9.59 Å². The molecule has 8 aromatic rings. The van der Waals surface area contributed by atoms with Gasteiger partial charge in [0.1, 0.15) is 11.2 Å². The maximum Gasteiger partial charge on any atom is 0.344 e. The van der Waals surface area contributed by atoms with Crippen molar-refractivity contribution in [3.63, 3.8) is 0 Å². The van der Waals surface area contributed by atoms with E-state index >= 15 is 0 Å². The molecule has 8 nitrogen and oxygen atoms in total. The highest BCUT2D eigenvalue weighted by Crippen LogP contribution is 2.31. The zero-order valence-corrected chi connectivity index (χ0v) is 28.7. The second-order valence-electron chi connectivity index (χ2n) is 12.6. The molecular weight excluding hydrogens is 649 g/mol. The van der Waals surface area contributed by atoms with Gasteiger partial charge in [0.2, 0.25) is 0 Å². The fraction of sp³-hybridized carbons (Fsp3) is 0.0909. The summed E-state index contributed by atoms with van der Waals surface area (Å²) in [5.41, 5.74) is 14.6. The molecule has 52 heavy (non-hydrogen) atoms. The molecule has 2 N–H and O–H groups in total. The molecule has 0 amide bonds. The lowest BCUT2D eigenvalue weighted by molar-refractivity contribution is 0.563. The van der Waals surface area contributed by atoms with Gasteiger partial charge in [0, 0.05) is 58.5 Å². The molecule has 0 unspecified atom stereocenters. The minimum atomic E-state index is -0.437. The molecular formula is C44H34N4O4. The van der Waals surface area contributed by atoms with Crippen molar-refractivity contribution in [3.8, 4) is 56.2 Å². The van der Waals surface area contributed by atoms with Crippen LogP contribution >= 0.6 is 0 Å². The third kappa shape index (κ3) is 6.22. The van der Waals surface area contributed by atoms with Crippen molar-refractivity contribution in [1.29, 1.82) is 0 Å². The highest BCUT2D eigenvalue weighted by Gasteiger charge is 2.14. The van der Waals surface area contributed by atoms with Gasteiger partial charge in [-0.05, 0) is 97.8 Å². The largest absolute Gasteiger partial charge is 0.422 e. The summed E-state index contributed by atoms with van der Waals surface area (Å²) in [5.74, 6) is 0. The van der Waals surface area contributed by atoms with E-state index in [2.05, 4.69) is 24.8 Å². The number of fused-ring (bicyclic) bond motifs is 2. The Hall–Kier alpha value is -6.80. The van der Waals surface area contributed by atoms with Crippen molar-refractivity contribution in [1.82, 2.24) is 9.97 Å². The zero-order valence-electron chi connectivity index (χ0n) is 28.7. The SMILES string of the molecule is CCN(CC)c1ccc2cc(-c3cccc(-c4cccc(-c5cccc(-c6cccc(-c7cc8ccc(N)cc8oc7=O)c6)n5)n4)c3)c(=O)oc2c1. The Labute approximate surface area is 299 Å². The topological polar surface area (TPSA) is 115 Å². The van der Waals surface area contributed by atoms with E-state index in [1.54, 1.807) is 12.1 Å². The molecule has 8 rings (SSSR count). The van der Waals surface area contributed by atoms with Crippen molar-refractivity contribution >= 4 is 33.3 Å². The van der Waals surface area contributed by atoms with Gasteiger partial charge in [-0.1, -0.05) is 48.5 Å². The maximum atomic E-state index is 13.2. The van der Waals surface area contributed by atoms with Crippen LogP contribution in [0, 0.1) is 0 Å². The average Bonchev–Trinajstić information content (AvgIpc) is 3.18. The quantitative estimate of drug-likeness (QED) is 0.125. The van der Waals surface area contributed by atoms with Crippen LogP contribution in [0.3, 0.4) is 0 Å². The molecule has 4 aromatic heterocycles. The Morgan fingerprint density at radius 2 is 0.981 bits per heavy atom. The minimum absolute atomic E-state index is 0.389. The molecule has 0 bridgehead atoms. The molecule has 0 saturated heterocycles. The summed E-state index contributed by atoms with van der Waals surface area (Å²) in [6, 6.07) is 42.0. The van der Waals surface area contributed by atoms with Crippen LogP contribution in [0.4, 0.5) is 11.4 Å². The third-order valence-electron chi connectivity index (χ3n) is 9.31. The van der Waals surface area contributed by atoms with Crippen molar-refractivity contribution in [2.45, 2.75) is 13.8 Å². The van der Waals surface area contributed by atoms with Crippen molar-refractivity contribution in [2.24, 2.45) is 0 Å². The lowest BCUT2D eigenvalue weighted by atomic mass is 10.0. The molecule has 0 saturated carbocycles. The maximum absolute atomic E-state index is 13.2. The van der Waals surface area contributed by atoms with Crippen molar-refractivity contribution in [2.75, 3.05) is 23.7 Å². The first-order chi connectivity index (χ1) is 25.4. The zero-order chi connectivity index (χ0) is 35.8. The summed E-state index contributed by atoms with van der Waals surface area (Å²) in [7, 11) is 0. The lowest BCUT2D eigenvalue weighted by Crippen LogP contribution is -2.21. The standard InChI is InChI=1S/C44H34N4O4/c1-3-48(4-2)34-20-18-32-24-36(44(50)52-42(32)26-34)28-10-6-12-30(22-28)38-14-8-16-40(47-38)39-15-7-13-37(46-39)29-11-5-9-27(21-29)35-23-31-17-19-33(45)25-41(31)51-43(35)49/h5-26H,3-4,45H2,1-2H3. The highest BCUT2D eigenvalue weighted by molar-refractivity contribution is 5.86. The van der Waals surface area contributed by atoms with Gasteiger partial charge in [-0.2, -0.15) is 0 Å². The number of aromatic nitrogens is 2. The number of hydrogen-bond acceptors (Lipinski definition) is 8.